The van der Waals surface area contributed by atoms with E-state index in [1.54, 1.807) is 12.1 Å². The third kappa shape index (κ3) is 2.52. The summed E-state index contributed by atoms with van der Waals surface area (Å²) in [7, 11) is 0. The number of ether oxygens (including phenoxy) is 1. The fraction of sp³-hybridized carbons (Fsp3) is 0.500. The van der Waals surface area contributed by atoms with Crippen LogP contribution in [0.25, 0.3) is 0 Å². The van der Waals surface area contributed by atoms with Crippen LogP contribution in [0.2, 0.25) is 0 Å². The number of para-hydroxylation sites is 1. The fourth-order valence-electron chi connectivity index (χ4n) is 2.70. The van der Waals surface area contributed by atoms with Crippen molar-refractivity contribution in [1.29, 1.82) is 0 Å². The minimum Gasteiger partial charge on any atom is -0.489 e. The summed E-state index contributed by atoms with van der Waals surface area (Å²) in [6, 6.07) is 5.37. The second-order valence-corrected chi connectivity index (χ2v) is 6.13. The van der Waals surface area contributed by atoms with E-state index in [-0.39, 0.29) is 5.56 Å². The first-order valence-electron chi connectivity index (χ1n) is 6.57. The normalized spacial score (nSPS) is 21.9. The van der Waals surface area contributed by atoms with Crippen molar-refractivity contribution < 1.29 is 14.6 Å². The molecular formula is C14H17NO3S. The van der Waals surface area contributed by atoms with Crippen molar-refractivity contribution in [3.8, 4) is 5.75 Å². The molecule has 1 atom stereocenters. The lowest BCUT2D eigenvalue weighted by Gasteiger charge is -2.33. The SMILES string of the molecule is O=C(O)c1cccc2c1OCCN2CC1CCSC1. The highest BCUT2D eigenvalue weighted by Gasteiger charge is 2.26. The number of anilines is 1. The Morgan fingerprint density at radius 2 is 2.42 bits per heavy atom. The lowest BCUT2D eigenvalue weighted by Crippen LogP contribution is -2.37. The van der Waals surface area contributed by atoms with Crippen molar-refractivity contribution >= 4 is 23.4 Å². The summed E-state index contributed by atoms with van der Waals surface area (Å²) >= 11 is 2.01. The average molecular weight is 279 g/mol. The molecule has 0 aliphatic carbocycles. The summed E-state index contributed by atoms with van der Waals surface area (Å²) in [5.74, 6) is 2.79. The molecule has 5 heteroatoms. The topological polar surface area (TPSA) is 49.8 Å². The molecule has 4 nitrogen and oxygen atoms in total. The Morgan fingerprint density at radius 1 is 1.53 bits per heavy atom. The standard InChI is InChI=1S/C14H17NO3S/c16-14(17)11-2-1-3-12-13(11)18-6-5-15(12)8-10-4-7-19-9-10/h1-3,10H,4-9H2,(H,16,17). The molecule has 19 heavy (non-hydrogen) atoms. The van der Waals surface area contributed by atoms with Gasteiger partial charge in [0.25, 0.3) is 0 Å². The number of hydrogen-bond acceptors (Lipinski definition) is 4. The van der Waals surface area contributed by atoms with Crippen molar-refractivity contribution in [2.24, 2.45) is 5.92 Å². The number of carboxylic acids is 1. The fourth-order valence-corrected chi connectivity index (χ4v) is 3.97. The summed E-state index contributed by atoms with van der Waals surface area (Å²) in [6.07, 6.45) is 1.26. The van der Waals surface area contributed by atoms with Gasteiger partial charge in [-0.15, -0.1) is 0 Å². The van der Waals surface area contributed by atoms with Crippen LogP contribution in [-0.4, -0.2) is 42.3 Å². The molecule has 2 aliphatic heterocycles. The van der Waals surface area contributed by atoms with Crippen LogP contribution in [0.1, 0.15) is 16.8 Å². The van der Waals surface area contributed by atoms with E-state index in [0.717, 1.165) is 18.8 Å². The van der Waals surface area contributed by atoms with Gasteiger partial charge >= 0.3 is 5.97 Å². The molecule has 0 aromatic heterocycles. The van der Waals surface area contributed by atoms with Crippen LogP contribution in [0.5, 0.6) is 5.75 Å². The molecule has 3 rings (SSSR count). The van der Waals surface area contributed by atoms with E-state index in [0.29, 0.717) is 18.3 Å². The van der Waals surface area contributed by atoms with Crippen molar-refractivity contribution in [3.05, 3.63) is 23.8 Å². The summed E-state index contributed by atoms with van der Waals surface area (Å²) in [6.45, 7) is 2.42. The monoisotopic (exact) mass is 279 g/mol. The number of thioether (sulfide) groups is 1. The van der Waals surface area contributed by atoms with Crippen molar-refractivity contribution in [3.63, 3.8) is 0 Å². The summed E-state index contributed by atoms with van der Waals surface area (Å²) in [5.41, 5.74) is 1.20. The van der Waals surface area contributed by atoms with Gasteiger partial charge in [-0.05, 0) is 36.0 Å². The van der Waals surface area contributed by atoms with E-state index in [1.807, 2.05) is 17.8 Å². The molecule has 1 aromatic carbocycles. The highest BCUT2D eigenvalue weighted by molar-refractivity contribution is 7.99. The number of benzene rings is 1. The van der Waals surface area contributed by atoms with Gasteiger partial charge in [-0.25, -0.2) is 4.79 Å². The van der Waals surface area contributed by atoms with Crippen LogP contribution in [0.3, 0.4) is 0 Å². The van der Waals surface area contributed by atoms with Gasteiger partial charge in [0, 0.05) is 6.54 Å². The van der Waals surface area contributed by atoms with Crippen LogP contribution >= 0.6 is 11.8 Å². The molecule has 102 valence electrons. The number of hydrogen-bond donors (Lipinski definition) is 1. The molecule has 0 saturated carbocycles. The zero-order valence-corrected chi connectivity index (χ0v) is 11.5. The third-order valence-electron chi connectivity index (χ3n) is 3.68. The van der Waals surface area contributed by atoms with Crippen LogP contribution in [0.15, 0.2) is 18.2 Å². The summed E-state index contributed by atoms with van der Waals surface area (Å²) in [5, 5.41) is 9.21. The molecular weight excluding hydrogens is 262 g/mol. The zero-order chi connectivity index (χ0) is 13.2. The number of carboxylic acid groups (broad SMARTS) is 1. The Balaban J connectivity index is 1.87. The maximum Gasteiger partial charge on any atom is 0.339 e. The van der Waals surface area contributed by atoms with Crippen LogP contribution < -0.4 is 9.64 Å². The van der Waals surface area contributed by atoms with Crippen molar-refractivity contribution in [2.75, 3.05) is 36.1 Å². The molecule has 0 bridgehead atoms. The van der Waals surface area contributed by atoms with Crippen molar-refractivity contribution in [1.82, 2.24) is 0 Å². The van der Waals surface area contributed by atoms with E-state index >= 15 is 0 Å². The summed E-state index contributed by atoms with van der Waals surface area (Å²) in [4.78, 5) is 13.5. The maximum absolute atomic E-state index is 11.2. The first-order valence-corrected chi connectivity index (χ1v) is 7.73. The number of fused-ring (bicyclic) bond motifs is 1. The molecule has 0 radical (unpaired) electrons. The molecule has 1 unspecified atom stereocenters. The Kier molecular flexibility index (Phi) is 3.55. The smallest absolute Gasteiger partial charge is 0.339 e. The van der Waals surface area contributed by atoms with Gasteiger partial charge in [-0.2, -0.15) is 11.8 Å². The molecule has 1 aromatic rings. The molecule has 1 N–H and O–H groups in total. The highest BCUT2D eigenvalue weighted by atomic mass is 32.2. The van der Waals surface area contributed by atoms with Crippen LogP contribution in [0, 0.1) is 5.92 Å². The van der Waals surface area contributed by atoms with Gasteiger partial charge in [0.15, 0.2) is 5.75 Å². The van der Waals surface area contributed by atoms with E-state index in [9.17, 15) is 9.90 Å². The quantitative estimate of drug-likeness (QED) is 0.920. The predicted molar refractivity (Wildman–Crippen MR) is 76.5 cm³/mol. The largest absolute Gasteiger partial charge is 0.489 e. The van der Waals surface area contributed by atoms with E-state index < -0.39 is 5.97 Å². The Morgan fingerprint density at radius 3 is 3.16 bits per heavy atom. The average Bonchev–Trinajstić information content (AvgIpc) is 2.91. The highest BCUT2D eigenvalue weighted by Crippen LogP contribution is 2.36. The second-order valence-electron chi connectivity index (χ2n) is 4.98. The number of aromatic carboxylic acids is 1. The first kappa shape index (κ1) is 12.7. The van der Waals surface area contributed by atoms with Gasteiger partial charge in [0.1, 0.15) is 12.2 Å². The maximum atomic E-state index is 11.2. The lowest BCUT2D eigenvalue weighted by atomic mass is 10.1. The van der Waals surface area contributed by atoms with E-state index in [1.165, 1.54) is 17.9 Å². The molecule has 0 amide bonds. The molecule has 1 fully saturated rings. The first-order chi connectivity index (χ1) is 9.25. The van der Waals surface area contributed by atoms with Gasteiger partial charge in [-0.1, -0.05) is 6.07 Å². The van der Waals surface area contributed by atoms with Crippen LogP contribution in [-0.2, 0) is 0 Å². The number of rotatable bonds is 3. The lowest BCUT2D eigenvalue weighted by molar-refractivity contribution is 0.0692. The Bertz CT molecular complexity index is 486. The second kappa shape index (κ2) is 5.33. The number of carbonyl (C=O) groups is 1. The van der Waals surface area contributed by atoms with Gasteiger partial charge in [0.2, 0.25) is 0 Å². The minimum absolute atomic E-state index is 0.267. The molecule has 0 spiro atoms. The van der Waals surface area contributed by atoms with E-state index in [2.05, 4.69) is 4.90 Å². The zero-order valence-electron chi connectivity index (χ0n) is 10.7. The Labute approximate surface area is 116 Å². The molecule has 2 aliphatic rings. The summed E-state index contributed by atoms with van der Waals surface area (Å²) < 4.78 is 5.58. The van der Waals surface area contributed by atoms with Gasteiger partial charge in [-0.3, -0.25) is 0 Å². The van der Waals surface area contributed by atoms with Crippen molar-refractivity contribution in [2.45, 2.75) is 6.42 Å². The predicted octanol–water partition coefficient (Wildman–Crippen LogP) is 2.34. The van der Waals surface area contributed by atoms with E-state index in [4.69, 9.17) is 4.74 Å². The Hall–Kier alpha value is -1.36. The third-order valence-corrected chi connectivity index (χ3v) is 4.91. The van der Waals surface area contributed by atoms with Gasteiger partial charge in [0.05, 0.1) is 12.2 Å². The number of nitrogens with zero attached hydrogens (tertiary/aromatic N) is 1. The molecule has 1 saturated heterocycles. The van der Waals surface area contributed by atoms with Gasteiger partial charge < -0.3 is 14.7 Å². The minimum atomic E-state index is -0.921. The van der Waals surface area contributed by atoms with Crippen LogP contribution in [0.4, 0.5) is 5.69 Å². The molecule has 2 heterocycles.